The van der Waals surface area contributed by atoms with Crippen LogP contribution in [0.25, 0.3) is 0 Å². The van der Waals surface area contributed by atoms with Crippen LogP contribution in [0, 0.1) is 5.92 Å². The molecule has 0 bridgehead atoms. The maximum Gasteiger partial charge on any atom is 0.228 e. The molecule has 2 aromatic rings. The fourth-order valence-electron chi connectivity index (χ4n) is 2.07. The molecule has 1 aliphatic carbocycles. The van der Waals surface area contributed by atoms with Crippen LogP contribution in [0.4, 0.5) is 23.0 Å². The number of aromatic nitrogens is 2. The Labute approximate surface area is 133 Å². The molecule has 0 saturated heterocycles. The minimum absolute atomic E-state index is 0.00279. The molecule has 1 fully saturated rings. The first kappa shape index (κ1) is 15.0. The molecule has 0 radical (unpaired) electrons. The van der Waals surface area contributed by atoms with Crippen molar-refractivity contribution >= 4 is 34.8 Å². The summed E-state index contributed by atoms with van der Waals surface area (Å²) in [6.07, 6.45) is 1.90. The Hall–Kier alpha value is -2.96. The summed E-state index contributed by atoms with van der Waals surface area (Å²) in [5.41, 5.74) is 1.48. The summed E-state index contributed by atoms with van der Waals surface area (Å²) in [7, 11) is 0. The number of carbonyl (C=O) groups is 2. The zero-order valence-electron chi connectivity index (χ0n) is 12.7. The van der Waals surface area contributed by atoms with E-state index in [1.165, 1.54) is 6.92 Å². The van der Waals surface area contributed by atoms with E-state index in [1.807, 2.05) is 12.1 Å². The summed E-state index contributed by atoms with van der Waals surface area (Å²) in [6.45, 7) is 1.46. The molecule has 118 valence electrons. The molecule has 23 heavy (non-hydrogen) atoms. The molecule has 1 aliphatic rings. The lowest BCUT2D eigenvalue weighted by Crippen LogP contribution is -2.14. The van der Waals surface area contributed by atoms with Gasteiger partial charge in [-0.3, -0.25) is 9.59 Å². The molecule has 1 aromatic heterocycles. The van der Waals surface area contributed by atoms with E-state index in [4.69, 9.17) is 0 Å². The van der Waals surface area contributed by atoms with Gasteiger partial charge in [-0.25, -0.2) is 0 Å². The summed E-state index contributed by atoms with van der Waals surface area (Å²) in [5, 5.41) is 16.6. The third-order valence-corrected chi connectivity index (χ3v) is 3.32. The number of nitrogens with one attached hydrogen (secondary N) is 3. The molecule has 0 spiro atoms. The van der Waals surface area contributed by atoms with Crippen LogP contribution in [0.1, 0.15) is 19.8 Å². The van der Waals surface area contributed by atoms with E-state index in [9.17, 15) is 9.59 Å². The van der Waals surface area contributed by atoms with Crippen LogP contribution in [0.2, 0.25) is 0 Å². The topological polar surface area (TPSA) is 96.0 Å². The van der Waals surface area contributed by atoms with E-state index < -0.39 is 0 Å². The first-order valence-electron chi connectivity index (χ1n) is 7.39. The average molecular weight is 311 g/mol. The normalized spacial score (nSPS) is 13.3. The Morgan fingerprint density at radius 3 is 2.35 bits per heavy atom. The first-order chi connectivity index (χ1) is 11.1. The van der Waals surface area contributed by atoms with Crippen LogP contribution in [-0.2, 0) is 9.59 Å². The van der Waals surface area contributed by atoms with Gasteiger partial charge in [-0.1, -0.05) is 6.07 Å². The molecule has 7 nitrogen and oxygen atoms in total. The van der Waals surface area contributed by atoms with Crippen molar-refractivity contribution in [2.24, 2.45) is 5.92 Å². The molecule has 3 N–H and O–H groups in total. The molecule has 1 aromatic carbocycles. The highest BCUT2D eigenvalue weighted by Gasteiger charge is 2.29. The van der Waals surface area contributed by atoms with E-state index in [0.717, 1.165) is 18.5 Å². The highest BCUT2D eigenvalue weighted by molar-refractivity contribution is 5.93. The number of hydrogen-bond donors (Lipinski definition) is 3. The van der Waals surface area contributed by atoms with Crippen molar-refractivity contribution in [3.05, 3.63) is 36.4 Å². The second-order valence-electron chi connectivity index (χ2n) is 5.45. The van der Waals surface area contributed by atoms with E-state index in [0.29, 0.717) is 17.3 Å². The van der Waals surface area contributed by atoms with Crippen molar-refractivity contribution in [1.29, 1.82) is 0 Å². The van der Waals surface area contributed by atoms with Gasteiger partial charge < -0.3 is 16.0 Å². The van der Waals surface area contributed by atoms with Crippen molar-refractivity contribution < 1.29 is 9.59 Å². The molecule has 3 rings (SSSR count). The lowest BCUT2D eigenvalue weighted by atomic mass is 10.2. The van der Waals surface area contributed by atoms with Crippen LogP contribution in [0.3, 0.4) is 0 Å². The predicted molar refractivity (Wildman–Crippen MR) is 87.4 cm³/mol. The van der Waals surface area contributed by atoms with Crippen LogP contribution in [0.5, 0.6) is 0 Å². The Kier molecular flexibility index (Phi) is 4.18. The summed E-state index contributed by atoms with van der Waals surface area (Å²) in [5.74, 6) is 1.00. The maximum atomic E-state index is 11.6. The fourth-order valence-corrected chi connectivity index (χ4v) is 2.07. The lowest BCUT2D eigenvalue weighted by Gasteiger charge is -2.08. The number of carbonyl (C=O) groups excluding carboxylic acids is 2. The van der Waals surface area contributed by atoms with Crippen molar-refractivity contribution in [2.75, 3.05) is 16.0 Å². The minimum atomic E-state index is -0.127. The molecule has 1 heterocycles. The number of hydrogen-bond acceptors (Lipinski definition) is 5. The number of rotatable bonds is 5. The second-order valence-corrected chi connectivity index (χ2v) is 5.45. The molecule has 2 amide bonds. The van der Waals surface area contributed by atoms with Gasteiger partial charge in [-0.2, -0.15) is 0 Å². The van der Waals surface area contributed by atoms with Gasteiger partial charge in [-0.05, 0) is 43.2 Å². The van der Waals surface area contributed by atoms with Gasteiger partial charge in [0.2, 0.25) is 11.8 Å². The summed E-state index contributed by atoms with van der Waals surface area (Å²) < 4.78 is 0. The van der Waals surface area contributed by atoms with Crippen LogP contribution >= 0.6 is 0 Å². The Bertz CT molecular complexity index is 726. The van der Waals surface area contributed by atoms with Gasteiger partial charge in [0, 0.05) is 24.2 Å². The predicted octanol–water partition coefficient (Wildman–Crippen LogP) is 2.53. The van der Waals surface area contributed by atoms with Gasteiger partial charge in [0.05, 0.1) is 0 Å². The second kappa shape index (κ2) is 6.43. The lowest BCUT2D eigenvalue weighted by molar-refractivity contribution is -0.117. The van der Waals surface area contributed by atoms with Crippen LogP contribution in [0.15, 0.2) is 36.4 Å². The maximum absolute atomic E-state index is 11.6. The monoisotopic (exact) mass is 311 g/mol. The summed E-state index contributed by atoms with van der Waals surface area (Å²) in [6, 6.07) is 10.7. The number of amides is 2. The van der Waals surface area contributed by atoms with E-state index >= 15 is 0 Å². The van der Waals surface area contributed by atoms with E-state index in [2.05, 4.69) is 26.1 Å². The van der Waals surface area contributed by atoms with Crippen molar-refractivity contribution in [1.82, 2.24) is 10.2 Å². The Balaban J connectivity index is 1.63. The summed E-state index contributed by atoms with van der Waals surface area (Å²) >= 11 is 0. The third-order valence-electron chi connectivity index (χ3n) is 3.32. The van der Waals surface area contributed by atoms with Gasteiger partial charge in [0.1, 0.15) is 0 Å². The average Bonchev–Trinajstić information content (AvgIpc) is 3.34. The molecule has 1 saturated carbocycles. The number of benzene rings is 1. The zero-order chi connectivity index (χ0) is 16.2. The van der Waals surface area contributed by atoms with Crippen LogP contribution in [-0.4, -0.2) is 22.0 Å². The van der Waals surface area contributed by atoms with Crippen LogP contribution < -0.4 is 16.0 Å². The number of anilines is 4. The number of nitrogens with zero attached hydrogens (tertiary/aromatic N) is 2. The SMILES string of the molecule is CC(=O)Nc1cccc(Nc2ccc(NC(=O)C3CC3)nn2)c1. The van der Waals surface area contributed by atoms with E-state index in [1.54, 1.807) is 24.3 Å². The molecule has 0 aliphatic heterocycles. The quantitative estimate of drug-likeness (QED) is 0.788. The summed E-state index contributed by atoms with van der Waals surface area (Å²) in [4.78, 5) is 22.7. The first-order valence-corrected chi connectivity index (χ1v) is 7.39. The van der Waals surface area contributed by atoms with Gasteiger partial charge >= 0.3 is 0 Å². The molecule has 0 atom stereocenters. The molecular weight excluding hydrogens is 294 g/mol. The van der Waals surface area contributed by atoms with Gasteiger partial charge in [0.15, 0.2) is 11.6 Å². The van der Waals surface area contributed by atoms with Gasteiger partial charge in [-0.15, -0.1) is 10.2 Å². The standard InChI is InChI=1S/C16H17N5O2/c1-10(22)17-12-3-2-4-13(9-12)18-14-7-8-15(21-20-14)19-16(23)11-5-6-11/h2-4,7-9,11H,5-6H2,1H3,(H,17,22)(H,18,20)(H,19,21,23). The largest absolute Gasteiger partial charge is 0.339 e. The Morgan fingerprint density at radius 2 is 1.70 bits per heavy atom. The minimum Gasteiger partial charge on any atom is -0.339 e. The van der Waals surface area contributed by atoms with Gasteiger partial charge in [0.25, 0.3) is 0 Å². The molecule has 0 unspecified atom stereocenters. The van der Waals surface area contributed by atoms with Crippen molar-refractivity contribution in [3.8, 4) is 0 Å². The molecule has 7 heteroatoms. The Morgan fingerprint density at radius 1 is 1.00 bits per heavy atom. The third kappa shape index (κ3) is 4.26. The highest BCUT2D eigenvalue weighted by atomic mass is 16.2. The fraction of sp³-hybridized carbons (Fsp3) is 0.250. The van der Waals surface area contributed by atoms with Crippen molar-refractivity contribution in [2.45, 2.75) is 19.8 Å². The smallest absolute Gasteiger partial charge is 0.228 e. The zero-order valence-corrected chi connectivity index (χ0v) is 12.7. The highest BCUT2D eigenvalue weighted by Crippen LogP contribution is 2.29. The molecular formula is C16H17N5O2. The van der Waals surface area contributed by atoms with Crippen molar-refractivity contribution in [3.63, 3.8) is 0 Å². The van der Waals surface area contributed by atoms with E-state index in [-0.39, 0.29) is 17.7 Å².